The molecule has 0 heterocycles. The van der Waals surface area contributed by atoms with E-state index in [0.29, 0.717) is 11.3 Å². The first-order chi connectivity index (χ1) is 12.0. The lowest BCUT2D eigenvalue weighted by atomic mass is 9.78. The summed E-state index contributed by atoms with van der Waals surface area (Å²) in [6, 6.07) is 23.6. The maximum atomic E-state index is 12.2. The molecule has 3 rings (SSSR count). The van der Waals surface area contributed by atoms with Gasteiger partial charge in [0.25, 0.3) is 0 Å². The first-order valence-electron chi connectivity index (χ1n) is 8.14. The molecule has 0 aliphatic carbocycles. The van der Waals surface area contributed by atoms with E-state index in [1.807, 2.05) is 42.5 Å². The molecule has 0 amide bonds. The highest BCUT2D eigenvalue weighted by Crippen LogP contribution is 2.32. The highest BCUT2D eigenvalue weighted by atomic mass is 16.5. The molecule has 25 heavy (non-hydrogen) atoms. The Bertz CT molecular complexity index is 848. The predicted octanol–water partition coefficient (Wildman–Crippen LogP) is 4.94. The van der Waals surface area contributed by atoms with Gasteiger partial charge in [-0.2, -0.15) is 0 Å². The molecule has 0 spiro atoms. The topological polar surface area (TPSA) is 46.5 Å². The number of benzene rings is 3. The van der Waals surface area contributed by atoms with E-state index in [9.17, 15) is 9.90 Å². The molecule has 0 fully saturated rings. The SMILES string of the molecule is CC(C)(c1ccc(O)cc1)c1ccc(C(=O)Oc2ccccc2)cc1. The van der Waals surface area contributed by atoms with E-state index in [0.717, 1.165) is 11.1 Å². The van der Waals surface area contributed by atoms with Crippen molar-refractivity contribution in [2.75, 3.05) is 0 Å². The Kier molecular flexibility index (Phi) is 4.57. The number of rotatable bonds is 4. The van der Waals surface area contributed by atoms with Gasteiger partial charge in [-0.15, -0.1) is 0 Å². The second-order valence-corrected chi connectivity index (χ2v) is 6.45. The lowest BCUT2D eigenvalue weighted by molar-refractivity contribution is 0.0734. The van der Waals surface area contributed by atoms with Crippen LogP contribution in [0.3, 0.4) is 0 Å². The molecule has 0 aromatic heterocycles. The Morgan fingerprint density at radius 1 is 0.800 bits per heavy atom. The molecular weight excluding hydrogens is 312 g/mol. The zero-order chi connectivity index (χ0) is 17.9. The van der Waals surface area contributed by atoms with Crippen LogP contribution in [0, 0.1) is 0 Å². The summed E-state index contributed by atoms with van der Waals surface area (Å²) in [5, 5.41) is 9.46. The molecule has 0 bridgehead atoms. The molecule has 3 aromatic carbocycles. The van der Waals surface area contributed by atoms with E-state index in [1.165, 1.54) is 0 Å². The van der Waals surface area contributed by atoms with Crippen molar-refractivity contribution in [1.82, 2.24) is 0 Å². The highest BCUT2D eigenvalue weighted by molar-refractivity contribution is 5.91. The van der Waals surface area contributed by atoms with Crippen molar-refractivity contribution in [2.24, 2.45) is 0 Å². The number of hydrogen-bond acceptors (Lipinski definition) is 3. The summed E-state index contributed by atoms with van der Waals surface area (Å²) in [6.45, 7) is 4.22. The zero-order valence-corrected chi connectivity index (χ0v) is 14.3. The fourth-order valence-corrected chi connectivity index (χ4v) is 2.72. The third kappa shape index (κ3) is 3.72. The maximum Gasteiger partial charge on any atom is 0.343 e. The van der Waals surface area contributed by atoms with Crippen LogP contribution >= 0.6 is 0 Å². The van der Waals surface area contributed by atoms with Crippen molar-refractivity contribution < 1.29 is 14.6 Å². The van der Waals surface area contributed by atoms with Crippen LogP contribution < -0.4 is 4.74 Å². The molecule has 0 aliphatic heterocycles. The van der Waals surface area contributed by atoms with Gasteiger partial charge in [0.1, 0.15) is 11.5 Å². The summed E-state index contributed by atoms with van der Waals surface area (Å²) in [5.74, 6) is 0.403. The number of esters is 1. The van der Waals surface area contributed by atoms with Gasteiger partial charge in [-0.3, -0.25) is 0 Å². The van der Waals surface area contributed by atoms with E-state index in [4.69, 9.17) is 4.74 Å². The average molecular weight is 332 g/mol. The summed E-state index contributed by atoms with van der Waals surface area (Å²) in [7, 11) is 0. The quantitative estimate of drug-likeness (QED) is 0.544. The van der Waals surface area contributed by atoms with Crippen molar-refractivity contribution in [2.45, 2.75) is 19.3 Å². The minimum atomic E-state index is -0.375. The van der Waals surface area contributed by atoms with Gasteiger partial charge in [0.15, 0.2) is 0 Å². The maximum absolute atomic E-state index is 12.2. The lowest BCUT2D eigenvalue weighted by Crippen LogP contribution is -2.19. The standard InChI is InChI=1S/C22H20O3/c1-22(2,18-12-14-19(23)15-13-18)17-10-8-16(9-11-17)21(24)25-20-6-4-3-5-7-20/h3-15,23H,1-2H3. The van der Waals surface area contributed by atoms with Gasteiger partial charge >= 0.3 is 5.97 Å². The molecular formula is C22H20O3. The third-order valence-electron chi connectivity index (χ3n) is 4.39. The average Bonchev–Trinajstić information content (AvgIpc) is 2.63. The predicted molar refractivity (Wildman–Crippen MR) is 98.1 cm³/mol. The van der Waals surface area contributed by atoms with E-state index >= 15 is 0 Å². The molecule has 126 valence electrons. The van der Waals surface area contributed by atoms with Crippen LogP contribution in [0.2, 0.25) is 0 Å². The van der Waals surface area contributed by atoms with E-state index in [1.54, 1.807) is 36.4 Å². The minimum absolute atomic E-state index is 0.241. The van der Waals surface area contributed by atoms with Crippen molar-refractivity contribution in [3.63, 3.8) is 0 Å². The first kappa shape index (κ1) is 16.8. The van der Waals surface area contributed by atoms with Gasteiger partial charge in [0.2, 0.25) is 0 Å². The van der Waals surface area contributed by atoms with Crippen LogP contribution in [0.1, 0.15) is 35.3 Å². The zero-order valence-electron chi connectivity index (χ0n) is 14.3. The summed E-state index contributed by atoms with van der Waals surface area (Å²) >= 11 is 0. The molecule has 1 N–H and O–H groups in total. The number of phenolic OH excluding ortho intramolecular Hbond substituents is 1. The number of carbonyl (C=O) groups excluding carboxylic acids is 1. The van der Waals surface area contributed by atoms with Gasteiger partial charge < -0.3 is 9.84 Å². The van der Waals surface area contributed by atoms with Crippen molar-refractivity contribution in [1.29, 1.82) is 0 Å². The van der Waals surface area contributed by atoms with Crippen molar-refractivity contribution >= 4 is 5.97 Å². The summed E-state index contributed by atoms with van der Waals surface area (Å²) < 4.78 is 5.36. The largest absolute Gasteiger partial charge is 0.508 e. The van der Waals surface area contributed by atoms with Crippen LogP contribution in [0.4, 0.5) is 0 Å². The molecule has 0 atom stereocenters. The second-order valence-electron chi connectivity index (χ2n) is 6.45. The van der Waals surface area contributed by atoms with Crippen molar-refractivity contribution in [3.8, 4) is 11.5 Å². The summed E-state index contributed by atoms with van der Waals surface area (Å²) in [4.78, 5) is 12.2. The number of para-hydroxylation sites is 1. The van der Waals surface area contributed by atoms with Crippen LogP contribution in [0.5, 0.6) is 11.5 Å². The van der Waals surface area contributed by atoms with Crippen molar-refractivity contribution in [3.05, 3.63) is 95.6 Å². The fraction of sp³-hybridized carbons (Fsp3) is 0.136. The van der Waals surface area contributed by atoms with E-state index < -0.39 is 0 Å². The Labute approximate surface area is 147 Å². The molecule has 0 radical (unpaired) electrons. The Hall–Kier alpha value is -3.07. The number of ether oxygens (including phenoxy) is 1. The minimum Gasteiger partial charge on any atom is -0.508 e. The normalized spacial score (nSPS) is 11.1. The summed E-state index contributed by atoms with van der Waals surface area (Å²) in [5.41, 5.74) is 2.43. The lowest BCUT2D eigenvalue weighted by Gasteiger charge is -2.26. The number of phenols is 1. The molecule has 3 nitrogen and oxygen atoms in total. The molecule has 3 heteroatoms. The first-order valence-corrected chi connectivity index (χ1v) is 8.14. The van der Waals surface area contributed by atoms with Crippen LogP contribution in [0.25, 0.3) is 0 Å². The number of hydrogen-bond donors (Lipinski definition) is 1. The van der Waals surface area contributed by atoms with E-state index in [2.05, 4.69) is 13.8 Å². The van der Waals surface area contributed by atoms with E-state index in [-0.39, 0.29) is 17.1 Å². The Balaban J connectivity index is 1.79. The number of aromatic hydroxyl groups is 1. The highest BCUT2D eigenvalue weighted by Gasteiger charge is 2.23. The fourth-order valence-electron chi connectivity index (χ4n) is 2.72. The monoisotopic (exact) mass is 332 g/mol. The molecule has 0 saturated carbocycles. The number of carbonyl (C=O) groups is 1. The van der Waals surface area contributed by atoms with Gasteiger partial charge in [-0.25, -0.2) is 4.79 Å². The molecule has 0 saturated heterocycles. The second kappa shape index (κ2) is 6.81. The van der Waals surface area contributed by atoms with Crippen LogP contribution in [-0.4, -0.2) is 11.1 Å². The van der Waals surface area contributed by atoms with Gasteiger partial charge in [-0.1, -0.05) is 56.3 Å². The smallest absolute Gasteiger partial charge is 0.343 e. The van der Waals surface area contributed by atoms with Gasteiger partial charge in [-0.05, 0) is 47.5 Å². The van der Waals surface area contributed by atoms with Gasteiger partial charge in [0.05, 0.1) is 5.56 Å². The summed E-state index contributed by atoms with van der Waals surface area (Å²) in [6.07, 6.45) is 0. The third-order valence-corrected chi connectivity index (χ3v) is 4.39. The Morgan fingerprint density at radius 2 is 1.32 bits per heavy atom. The van der Waals surface area contributed by atoms with Crippen LogP contribution in [-0.2, 0) is 5.41 Å². The Morgan fingerprint density at radius 3 is 1.88 bits per heavy atom. The molecule has 0 aliphatic rings. The van der Waals surface area contributed by atoms with Gasteiger partial charge in [0, 0.05) is 5.41 Å². The molecule has 3 aromatic rings. The molecule has 0 unspecified atom stereocenters. The van der Waals surface area contributed by atoms with Crippen LogP contribution in [0.15, 0.2) is 78.9 Å².